The third-order valence-corrected chi connectivity index (χ3v) is 5.65. The number of para-hydroxylation sites is 1. The molecule has 0 atom stereocenters. The summed E-state index contributed by atoms with van der Waals surface area (Å²) in [7, 11) is 2.09. The molecule has 1 aliphatic heterocycles. The predicted molar refractivity (Wildman–Crippen MR) is 126 cm³/mol. The summed E-state index contributed by atoms with van der Waals surface area (Å²) in [5.41, 5.74) is 5.65. The molecule has 2 N–H and O–H groups in total. The van der Waals surface area contributed by atoms with Crippen molar-refractivity contribution in [3.63, 3.8) is 0 Å². The van der Waals surface area contributed by atoms with Crippen LogP contribution < -0.4 is 10.2 Å². The number of hydrogen-bond acceptors (Lipinski definition) is 7. The second-order valence-electron chi connectivity index (χ2n) is 7.95. The molecule has 3 aromatic carbocycles. The Morgan fingerprint density at radius 1 is 1.03 bits per heavy atom. The number of azo groups is 1. The maximum atomic E-state index is 11.1. The second-order valence-corrected chi connectivity index (χ2v) is 7.95. The van der Waals surface area contributed by atoms with Crippen LogP contribution in [0, 0.1) is 17.0 Å². The molecule has 1 heterocycles. The fourth-order valence-electron chi connectivity index (χ4n) is 3.81. The number of fused-ring (bicyclic) bond motifs is 1. The lowest BCUT2D eigenvalue weighted by Gasteiger charge is -2.22. The first-order chi connectivity index (χ1) is 15.4. The summed E-state index contributed by atoms with van der Waals surface area (Å²) in [6, 6.07) is 15.8. The largest absolute Gasteiger partial charge is 0.506 e. The van der Waals surface area contributed by atoms with Crippen LogP contribution in [0.4, 0.5) is 34.1 Å². The van der Waals surface area contributed by atoms with Crippen molar-refractivity contribution in [1.29, 1.82) is 0 Å². The highest BCUT2D eigenvalue weighted by atomic mass is 16.6. The molecule has 3 aromatic rings. The maximum Gasteiger partial charge on any atom is 0.271 e. The number of hydrogen-bond donors (Lipinski definition) is 2. The Kier molecular flexibility index (Phi) is 6.02. The fraction of sp³-hybridized carbons (Fsp3) is 0.250. The minimum Gasteiger partial charge on any atom is -0.506 e. The summed E-state index contributed by atoms with van der Waals surface area (Å²) in [6.45, 7) is 3.01. The third kappa shape index (κ3) is 4.54. The van der Waals surface area contributed by atoms with Gasteiger partial charge in [0.25, 0.3) is 5.69 Å². The molecule has 0 saturated heterocycles. The Labute approximate surface area is 186 Å². The van der Waals surface area contributed by atoms with Crippen LogP contribution in [-0.4, -0.2) is 23.6 Å². The van der Waals surface area contributed by atoms with Crippen molar-refractivity contribution < 1.29 is 10.0 Å². The van der Waals surface area contributed by atoms with Crippen molar-refractivity contribution in [2.75, 3.05) is 23.8 Å². The van der Waals surface area contributed by atoms with Crippen LogP contribution in [0.25, 0.3) is 0 Å². The van der Waals surface area contributed by atoms with E-state index in [-0.39, 0.29) is 17.1 Å². The standard InChI is InChI=1S/C24H25N5O3/c1-16-7-3-4-9-19(16)25-20-15-23-17(8-5-6-12-28(23)2)13-21(20)26-27-22-14-18(29(31)32)10-11-24(22)30/h3-4,7,9-11,13-15,25,30H,5-6,8,12H2,1-2H3. The molecule has 0 aromatic heterocycles. The molecule has 0 fully saturated rings. The minimum atomic E-state index is -0.526. The maximum absolute atomic E-state index is 11.1. The number of phenolic OH excluding ortho intramolecular Hbond substituents is 1. The van der Waals surface area contributed by atoms with E-state index in [9.17, 15) is 15.2 Å². The fourth-order valence-corrected chi connectivity index (χ4v) is 3.81. The monoisotopic (exact) mass is 431 g/mol. The highest BCUT2D eigenvalue weighted by molar-refractivity contribution is 5.79. The molecule has 0 saturated carbocycles. The zero-order valence-corrected chi connectivity index (χ0v) is 18.1. The van der Waals surface area contributed by atoms with E-state index in [0.29, 0.717) is 5.69 Å². The van der Waals surface area contributed by atoms with Gasteiger partial charge in [-0.15, -0.1) is 10.2 Å². The smallest absolute Gasteiger partial charge is 0.271 e. The van der Waals surface area contributed by atoms with Gasteiger partial charge in [0.05, 0.1) is 10.6 Å². The van der Waals surface area contributed by atoms with Crippen LogP contribution in [0.3, 0.4) is 0 Å². The van der Waals surface area contributed by atoms with Crippen molar-refractivity contribution in [2.45, 2.75) is 26.2 Å². The van der Waals surface area contributed by atoms with Gasteiger partial charge in [-0.3, -0.25) is 10.1 Å². The molecule has 8 nitrogen and oxygen atoms in total. The average molecular weight is 431 g/mol. The molecule has 1 aliphatic rings. The molecule has 4 rings (SSSR count). The highest BCUT2D eigenvalue weighted by Crippen LogP contribution is 2.39. The third-order valence-electron chi connectivity index (χ3n) is 5.65. The number of nitro benzene ring substituents is 1. The average Bonchev–Trinajstić information content (AvgIpc) is 2.95. The van der Waals surface area contributed by atoms with E-state index < -0.39 is 4.92 Å². The second kappa shape index (κ2) is 9.05. The Morgan fingerprint density at radius 3 is 2.59 bits per heavy atom. The van der Waals surface area contributed by atoms with Gasteiger partial charge < -0.3 is 15.3 Å². The summed E-state index contributed by atoms with van der Waals surface area (Å²) >= 11 is 0. The molecule has 32 heavy (non-hydrogen) atoms. The quantitative estimate of drug-likeness (QED) is 0.271. The molecule has 0 spiro atoms. The summed E-state index contributed by atoms with van der Waals surface area (Å²) in [5.74, 6) is -0.165. The van der Waals surface area contributed by atoms with E-state index in [2.05, 4.69) is 33.6 Å². The number of benzene rings is 3. The molecule has 8 heteroatoms. The number of phenols is 1. The SMILES string of the molecule is Cc1ccccc1Nc1cc2c(cc1N=Nc1cc([N+](=O)[O-])ccc1O)CCCCN2C. The van der Waals surface area contributed by atoms with E-state index in [1.165, 1.54) is 23.8 Å². The lowest BCUT2D eigenvalue weighted by molar-refractivity contribution is -0.384. The van der Waals surface area contributed by atoms with Crippen molar-refractivity contribution in [3.05, 3.63) is 75.8 Å². The number of rotatable bonds is 5. The lowest BCUT2D eigenvalue weighted by Crippen LogP contribution is -2.17. The van der Waals surface area contributed by atoms with Gasteiger partial charge in [-0.25, -0.2) is 0 Å². The number of nitro groups is 1. The zero-order chi connectivity index (χ0) is 22.7. The minimum absolute atomic E-state index is 0.0492. The molecule has 164 valence electrons. The molecule has 0 amide bonds. The lowest BCUT2D eigenvalue weighted by atomic mass is 10.0. The Hall–Kier alpha value is -3.94. The van der Waals surface area contributed by atoms with Crippen LogP contribution in [0.5, 0.6) is 5.75 Å². The van der Waals surface area contributed by atoms with Crippen LogP contribution in [-0.2, 0) is 6.42 Å². The number of anilines is 3. The molecule has 0 bridgehead atoms. The van der Waals surface area contributed by atoms with Crippen molar-refractivity contribution in [3.8, 4) is 5.75 Å². The topological polar surface area (TPSA) is 103 Å². The van der Waals surface area contributed by atoms with Gasteiger partial charge in [0.15, 0.2) is 0 Å². The van der Waals surface area contributed by atoms with E-state index in [0.717, 1.165) is 48.4 Å². The molecule has 0 aliphatic carbocycles. The summed E-state index contributed by atoms with van der Waals surface area (Å²) in [4.78, 5) is 12.8. The van der Waals surface area contributed by atoms with Gasteiger partial charge in [-0.2, -0.15) is 0 Å². The van der Waals surface area contributed by atoms with E-state index in [4.69, 9.17) is 0 Å². The molecular formula is C24H25N5O3. The van der Waals surface area contributed by atoms with Gasteiger partial charge >= 0.3 is 0 Å². The molecule has 0 unspecified atom stereocenters. The number of nitrogens with zero attached hydrogens (tertiary/aromatic N) is 4. The number of nitrogens with one attached hydrogen (secondary N) is 1. The number of aryl methyl sites for hydroxylation is 2. The number of non-ortho nitro benzene ring substituents is 1. The van der Waals surface area contributed by atoms with E-state index in [1.54, 1.807) is 0 Å². The van der Waals surface area contributed by atoms with Crippen LogP contribution >= 0.6 is 0 Å². The van der Waals surface area contributed by atoms with Gasteiger partial charge in [0.2, 0.25) is 0 Å². The van der Waals surface area contributed by atoms with Gasteiger partial charge in [-0.05, 0) is 61.6 Å². The van der Waals surface area contributed by atoms with Gasteiger partial charge in [0.1, 0.15) is 17.1 Å². The zero-order valence-electron chi connectivity index (χ0n) is 18.1. The van der Waals surface area contributed by atoms with Crippen molar-refractivity contribution in [2.24, 2.45) is 10.2 Å². The summed E-state index contributed by atoms with van der Waals surface area (Å²) < 4.78 is 0. The van der Waals surface area contributed by atoms with Crippen LogP contribution in [0.15, 0.2) is 64.8 Å². The highest BCUT2D eigenvalue weighted by Gasteiger charge is 2.17. The van der Waals surface area contributed by atoms with E-state index >= 15 is 0 Å². The number of aromatic hydroxyl groups is 1. The molecule has 0 radical (unpaired) electrons. The molecular weight excluding hydrogens is 406 g/mol. The van der Waals surface area contributed by atoms with Crippen molar-refractivity contribution in [1.82, 2.24) is 0 Å². The Balaban J connectivity index is 1.78. The normalized spacial score (nSPS) is 13.6. The first-order valence-electron chi connectivity index (χ1n) is 10.5. The van der Waals surface area contributed by atoms with Crippen LogP contribution in [0.2, 0.25) is 0 Å². The Morgan fingerprint density at radius 2 is 1.81 bits per heavy atom. The van der Waals surface area contributed by atoms with Crippen molar-refractivity contribution >= 4 is 34.1 Å². The first kappa shape index (κ1) is 21.3. The van der Waals surface area contributed by atoms with E-state index in [1.807, 2.05) is 37.3 Å². The van der Waals surface area contributed by atoms with Gasteiger partial charge in [-0.1, -0.05) is 18.2 Å². The summed E-state index contributed by atoms with van der Waals surface area (Å²) in [5, 5.41) is 33.2. The Bertz CT molecular complexity index is 1190. The first-order valence-corrected chi connectivity index (χ1v) is 10.5. The van der Waals surface area contributed by atoms with Crippen LogP contribution in [0.1, 0.15) is 24.0 Å². The summed E-state index contributed by atoms with van der Waals surface area (Å²) in [6.07, 6.45) is 3.14. The van der Waals surface area contributed by atoms with Gasteiger partial charge in [0, 0.05) is 37.1 Å². The predicted octanol–water partition coefficient (Wildman–Crippen LogP) is 6.54.